The average molecular weight is 460 g/mol. The number of furan rings is 1. The molecule has 4 aromatic rings. The van der Waals surface area contributed by atoms with Gasteiger partial charge in [0.05, 0.1) is 18.1 Å². The van der Waals surface area contributed by atoms with E-state index in [1.165, 1.54) is 12.1 Å². The minimum absolute atomic E-state index is 0.0612. The van der Waals surface area contributed by atoms with E-state index in [0.717, 1.165) is 11.8 Å². The van der Waals surface area contributed by atoms with Crippen LogP contribution in [0.4, 0.5) is 0 Å². The zero-order valence-corrected chi connectivity index (χ0v) is 18.5. The van der Waals surface area contributed by atoms with E-state index in [1.54, 1.807) is 18.2 Å². The number of nitrogens with one attached hydrogen (secondary N) is 1. The van der Waals surface area contributed by atoms with Gasteiger partial charge in [-0.3, -0.25) is 0 Å². The lowest BCUT2D eigenvalue weighted by Crippen LogP contribution is -2.29. The molecule has 1 aromatic heterocycles. The molecule has 7 heteroatoms. The molecule has 1 atom stereocenters. The number of ether oxygens (including phenoxy) is 2. The highest BCUT2D eigenvalue weighted by Gasteiger charge is 2.28. The summed E-state index contributed by atoms with van der Waals surface area (Å²) in [7, 11) is -3.98. The minimum Gasteiger partial charge on any atom is -0.490 e. The summed E-state index contributed by atoms with van der Waals surface area (Å²) >= 11 is 0. The molecule has 1 aliphatic rings. The van der Waals surface area contributed by atoms with Crippen molar-refractivity contribution in [1.29, 1.82) is 0 Å². The van der Waals surface area contributed by atoms with Gasteiger partial charge < -0.3 is 13.9 Å². The zero-order chi connectivity index (χ0) is 22.8. The Balaban J connectivity index is 1.58. The van der Waals surface area contributed by atoms with E-state index in [0.29, 0.717) is 47.2 Å². The maximum Gasteiger partial charge on any atom is 0.241 e. The van der Waals surface area contributed by atoms with Crippen LogP contribution in [0.25, 0.3) is 11.0 Å². The van der Waals surface area contributed by atoms with Crippen LogP contribution >= 0.6 is 0 Å². The molecule has 0 aliphatic carbocycles. The van der Waals surface area contributed by atoms with Crippen molar-refractivity contribution in [2.45, 2.75) is 17.4 Å². The van der Waals surface area contributed by atoms with Gasteiger partial charge in [0.1, 0.15) is 17.4 Å². The van der Waals surface area contributed by atoms with E-state index < -0.39 is 16.1 Å². The SMILES string of the molecule is C#Cc1ccccc1C(NS(=O)(=O)c1ccc2c(c1)OCCCO2)c1cc2ccccc2o1. The summed E-state index contributed by atoms with van der Waals surface area (Å²) in [6.07, 6.45) is 6.45. The summed E-state index contributed by atoms with van der Waals surface area (Å²) in [6, 6.07) is 20.3. The molecule has 0 saturated carbocycles. The molecule has 0 radical (unpaired) electrons. The van der Waals surface area contributed by atoms with Crippen LogP contribution in [-0.2, 0) is 10.0 Å². The summed E-state index contributed by atoms with van der Waals surface area (Å²) < 4.78 is 47.1. The number of terminal acetylenes is 1. The second kappa shape index (κ2) is 8.66. The molecule has 166 valence electrons. The van der Waals surface area contributed by atoms with Crippen LogP contribution in [0, 0.1) is 12.3 Å². The molecular weight excluding hydrogens is 438 g/mol. The van der Waals surface area contributed by atoms with Crippen LogP contribution in [-0.4, -0.2) is 21.6 Å². The maximum atomic E-state index is 13.5. The highest BCUT2D eigenvalue weighted by Crippen LogP contribution is 2.34. The Morgan fingerprint density at radius 3 is 2.48 bits per heavy atom. The lowest BCUT2D eigenvalue weighted by Gasteiger charge is -2.19. The molecule has 2 heterocycles. The van der Waals surface area contributed by atoms with Gasteiger partial charge >= 0.3 is 0 Å². The van der Waals surface area contributed by atoms with Crippen molar-refractivity contribution in [1.82, 2.24) is 4.72 Å². The lowest BCUT2D eigenvalue weighted by atomic mass is 9.99. The van der Waals surface area contributed by atoms with Gasteiger partial charge in [-0.25, -0.2) is 8.42 Å². The second-order valence-corrected chi connectivity index (χ2v) is 9.35. The second-order valence-electron chi connectivity index (χ2n) is 7.63. The van der Waals surface area contributed by atoms with Gasteiger partial charge in [-0.1, -0.05) is 42.3 Å². The summed E-state index contributed by atoms with van der Waals surface area (Å²) in [4.78, 5) is 0.0612. The molecule has 0 bridgehead atoms. The fourth-order valence-corrected chi connectivity index (χ4v) is 5.03. The molecule has 3 aromatic carbocycles. The Morgan fingerprint density at radius 1 is 0.909 bits per heavy atom. The van der Waals surface area contributed by atoms with Gasteiger partial charge in [0.15, 0.2) is 11.5 Å². The van der Waals surface area contributed by atoms with E-state index >= 15 is 0 Å². The molecule has 1 N–H and O–H groups in total. The molecule has 0 saturated heterocycles. The van der Waals surface area contributed by atoms with Crippen LogP contribution in [0.15, 0.2) is 82.1 Å². The van der Waals surface area contributed by atoms with Gasteiger partial charge in [-0.15, -0.1) is 6.42 Å². The van der Waals surface area contributed by atoms with E-state index in [2.05, 4.69) is 10.6 Å². The van der Waals surface area contributed by atoms with Crippen molar-refractivity contribution in [3.05, 3.63) is 89.7 Å². The van der Waals surface area contributed by atoms with Gasteiger partial charge in [0.2, 0.25) is 10.0 Å². The third kappa shape index (κ3) is 4.19. The van der Waals surface area contributed by atoms with Crippen molar-refractivity contribution >= 4 is 21.0 Å². The van der Waals surface area contributed by atoms with E-state index in [-0.39, 0.29) is 4.90 Å². The molecule has 33 heavy (non-hydrogen) atoms. The number of para-hydroxylation sites is 1. The van der Waals surface area contributed by atoms with Crippen LogP contribution in [0.3, 0.4) is 0 Å². The molecule has 6 nitrogen and oxygen atoms in total. The fraction of sp³-hybridized carbons (Fsp3) is 0.154. The standard InChI is InChI=1S/C26H21NO5S/c1-2-18-8-3-5-10-21(18)26(25-16-19-9-4-6-11-22(19)32-25)27-33(28,29)20-12-13-23-24(17-20)31-15-7-14-30-23/h1,3-6,8-13,16-17,26-27H,7,14-15H2. The van der Waals surface area contributed by atoms with Gasteiger partial charge in [0, 0.05) is 23.4 Å². The molecule has 0 spiro atoms. The highest BCUT2D eigenvalue weighted by atomic mass is 32.2. The van der Waals surface area contributed by atoms with Gasteiger partial charge in [0.25, 0.3) is 0 Å². The number of benzene rings is 3. The average Bonchev–Trinajstić information content (AvgIpc) is 3.12. The third-order valence-corrected chi connectivity index (χ3v) is 6.88. The number of sulfonamides is 1. The predicted molar refractivity (Wildman–Crippen MR) is 125 cm³/mol. The third-order valence-electron chi connectivity index (χ3n) is 5.46. The topological polar surface area (TPSA) is 77.8 Å². The van der Waals surface area contributed by atoms with Crippen LogP contribution in [0.5, 0.6) is 11.5 Å². The first kappa shape index (κ1) is 21.1. The fourth-order valence-electron chi connectivity index (χ4n) is 3.83. The minimum atomic E-state index is -3.98. The number of rotatable bonds is 5. The monoisotopic (exact) mass is 459 g/mol. The predicted octanol–water partition coefficient (Wildman–Crippen LogP) is 4.64. The Bertz CT molecular complexity index is 1430. The van der Waals surface area contributed by atoms with Crippen LogP contribution < -0.4 is 14.2 Å². The van der Waals surface area contributed by atoms with Crippen LogP contribution in [0.2, 0.25) is 0 Å². The summed E-state index contributed by atoms with van der Waals surface area (Å²) in [5.41, 5.74) is 1.85. The van der Waals surface area contributed by atoms with Gasteiger partial charge in [-0.2, -0.15) is 4.72 Å². The molecule has 1 unspecified atom stereocenters. The quantitative estimate of drug-likeness (QED) is 0.440. The number of hydrogen-bond acceptors (Lipinski definition) is 5. The summed E-state index contributed by atoms with van der Waals surface area (Å²) in [5, 5.41) is 0.866. The molecule has 5 rings (SSSR count). The largest absolute Gasteiger partial charge is 0.490 e. The summed E-state index contributed by atoms with van der Waals surface area (Å²) in [6.45, 7) is 0.982. The molecular formula is C26H21NO5S. The van der Waals surface area contributed by atoms with Crippen molar-refractivity contribution in [3.63, 3.8) is 0 Å². The van der Waals surface area contributed by atoms with Gasteiger partial charge in [-0.05, 0) is 35.9 Å². The first-order valence-corrected chi connectivity index (χ1v) is 12.0. The number of hydrogen-bond donors (Lipinski definition) is 1. The first-order valence-electron chi connectivity index (χ1n) is 10.5. The van der Waals surface area contributed by atoms with Crippen molar-refractivity contribution < 1.29 is 22.3 Å². The Morgan fingerprint density at radius 2 is 1.67 bits per heavy atom. The first-order chi connectivity index (χ1) is 16.0. The Labute approximate surface area is 192 Å². The lowest BCUT2D eigenvalue weighted by molar-refractivity contribution is 0.297. The Kier molecular flexibility index (Phi) is 5.55. The smallest absolute Gasteiger partial charge is 0.241 e. The van der Waals surface area contributed by atoms with Crippen LogP contribution in [0.1, 0.15) is 29.3 Å². The van der Waals surface area contributed by atoms with E-state index in [4.69, 9.17) is 20.3 Å². The zero-order valence-electron chi connectivity index (χ0n) is 17.7. The van der Waals surface area contributed by atoms with E-state index in [1.807, 2.05) is 42.5 Å². The summed E-state index contributed by atoms with van der Waals surface area (Å²) in [5.74, 6) is 4.01. The normalized spacial score (nSPS) is 14.4. The maximum absolute atomic E-state index is 13.5. The highest BCUT2D eigenvalue weighted by molar-refractivity contribution is 7.89. The molecule has 1 aliphatic heterocycles. The van der Waals surface area contributed by atoms with E-state index in [9.17, 15) is 8.42 Å². The van der Waals surface area contributed by atoms with Crippen molar-refractivity contribution in [2.24, 2.45) is 0 Å². The molecule has 0 fully saturated rings. The van der Waals surface area contributed by atoms with Crippen molar-refractivity contribution in [2.75, 3.05) is 13.2 Å². The van der Waals surface area contributed by atoms with Crippen molar-refractivity contribution in [3.8, 4) is 23.8 Å². The molecule has 0 amide bonds. The Hall–Kier alpha value is -3.73. The number of fused-ring (bicyclic) bond motifs is 2.